The van der Waals surface area contributed by atoms with Crippen molar-refractivity contribution in [3.05, 3.63) is 71.8 Å². The van der Waals surface area contributed by atoms with Crippen LogP contribution in [0.5, 0.6) is 5.75 Å². The van der Waals surface area contributed by atoms with Gasteiger partial charge in [-0.1, -0.05) is 56.3 Å². The molecule has 1 aromatic heterocycles. The van der Waals surface area contributed by atoms with Crippen molar-refractivity contribution in [1.29, 1.82) is 0 Å². The lowest BCUT2D eigenvalue weighted by Crippen LogP contribution is -2.15. The van der Waals surface area contributed by atoms with Crippen LogP contribution in [-0.2, 0) is 5.41 Å². The predicted octanol–water partition coefficient (Wildman–Crippen LogP) is 5.40. The molecule has 24 heavy (non-hydrogen) atoms. The van der Waals surface area contributed by atoms with Gasteiger partial charge in [-0.15, -0.1) is 0 Å². The van der Waals surface area contributed by atoms with Gasteiger partial charge in [-0.05, 0) is 34.7 Å². The molecule has 1 aliphatic carbocycles. The summed E-state index contributed by atoms with van der Waals surface area (Å²) in [5.74, 6) is 0.345. The highest BCUT2D eigenvalue weighted by molar-refractivity contribution is 6.00. The summed E-state index contributed by atoms with van der Waals surface area (Å²) in [5.41, 5.74) is 4.92. The van der Waals surface area contributed by atoms with E-state index in [9.17, 15) is 5.11 Å². The highest BCUT2D eigenvalue weighted by Crippen LogP contribution is 2.53. The average molecular weight is 311 g/mol. The number of hydrogen-bond donors (Lipinski definition) is 1. The molecular formula is C22H17NO. The van der Waals surface area contributed by atoms with E-state index in [2.05, 4.69) is 38.1 Å². The van der Waals surface area contributed by atoms with Gasteiger partial charge in [-0.2, -0.15) is 0 Å². The maximum atomic E-state index is 11.0. The molecular weight excluding hydrogens is 294 g/mol. The van der Waals surface area contributed by atoms with E-state index in [4.69, 9.17) is 4.98 Å². The number of benzene rings is 3. The fourth-order valence-electron chi connectivity index (χ4n) is 3.99. The summed E-state index contributed by atoms with van der Waals surface area (Å²) >= 11 is 0. The monoisotopic (exact) mass is 311 g/mol. The summed E-state index contributed by atoms with van der Waals surface area (Å²) < 4.78 is 0. The van der Waals surface area contributed by atoms with Crippen molar-refractivity contribution in [2.45, 2.75) is 19.3 Å². The number of rotatable bonds is 0. The first-order chi connectivity index (χ1) is 11.6. The third kappa shape index (κ3) is 1.58. The third-order valence-electron chi connectivity index (χ3n) is 5.33. The second-order valence-electron chi connectivity index (χ2n) is 7.07. The molecule has 0 atom stereocenters. The minimum atomic E-state index is -0.177. The van der Waals surface area contributed by atoms with E-state index in [0.717, 1.165) is 38.5 Å². The number of hydrogen-bond acceptors (Lipinski definition) is 2. The first-order valence-electron chi connectivity index (χ1n) is 8.23. The van der Waals surface area contributed by atoms with Gasteiger partial charge in [-0.3, -0.25) is 0 Å². The summed E-state index contributed by atoms with van der Waals surface area (Å²) in [5, 5.41) is 14.1. The van der Waals surface area contributed by atoms with Crippen LogP contribution in [0.15, 0.2) is 60.7 Å². The Hall–Kier alpha value is -2.87. The van der Waals surface area contributed by atoms with E-state index in [1.165, 1.54) is 5.56 Å². The number of phenolic OH excluding ortho intramolecular Hbond substituents is 1. The summed E-state index contributed by atoms with van der Waals surface area (Å²) in [6, 6.07) is 20.6. The Kier molecular flexibility index (Phi) is 2.46. The van der Waals surface area contributed by atoms with Crippen LogP contribution in [0.25, 0.3) is 32.9 Å². The predicted molar refractivity (Wildman–Crippen MR) is 98.5 cm³/mol. The van der Waals surface area contributed by atoms with E-state index in [-0.39, 0.29) is 5.41 Å². The van der Waals surface area contributed by atoms with Gasteiger partial charge in [0.05, 0.1) is 11.2 Å². The van der Waals surface area contributed by atoms with Crippen LogP contribution in [0, 0.1) is 0 Å². The molecule has 1 N–H and O–H groups in total. The smallest absolute Gasteiger partial charge is 0.133 e. The Balaban J connectivity index is 1.97. The second-order valence-corrected chi connectivity index (χ2v) is 7.07. The van der Waals surface area contributed by atoms with Crippen molar-refractivity contribution < 1.29 is 5.11 Å². The Labute approximate surface area is 140 Å². The number of aromatic hydroxyl groups is 1. The molecule has 0 bridgehead atoms. The molecule has 1 heterocycles. The number of phenols is 1. The zero-order chi connectivity index (χ0) is 16.5. The van der Waals surface area contributed by atoms with Crippen LogP contribution in [0.3, 0.4) is 0 Å². The number of nitrogens with zero attached hydrogens (tertiary/aromatic N) is 1. The van der Waals surface area contributed by atoms with E-state index >= 15 is 0 Å². The van der Waals surface area contributed by atoms with Crippen LogP contribution < -0.4 is 0 Å². The zero-order valence-electron chi connectivity index (χ0n) is 13.7. The molecule has 5 rings (SSSR count). The number of aromatic nitrogens is 1. The maximum absolute atomic E-state index is 11.0. The lowest BCUT2D eigenvalue weighted by Gasteiger charge is -2.21. The molecule has 0 radical (unpaired) electrons. The van der Waals surface area contributed by atoms with Crippen LogP contribution in [0.2, 0.25) is 0 Å². The Bertz CT molecular complexity index is 1140. The summed E-state index contributed by atoms with van der Waals surface area (Å²) in [7, 11) is 0. The fraction of sp³-hybridized carbons (Fsp3) is 0.136. The molecule has 0 saturated carbocycles. The van der Waals surface area contributed by atoms with E-state index in [0.29, 0.717) is 5.75 Å². The zero-order valence-corrected chi connectivity index (χ0v) is 13.7. The molecule has 4 aromatic rings. The SMILES string of the molecule is CC1(C)c2cc3ccccc3nc2-c2c1cc1ccccc1c2O. The topological polar surface area (TPSA) is 33.1 Å². The fourth-order valence-corrected chi connectivity index (χ4v) is 3.99. The maximum Gasteiger partial charge on any atom is 0.133 e. The van der Waals surface area contributed by atoms with E-state index in [1.54, 1.807) is 0 Å². The van der Waals surface area contributed by atoms with Crippen LogP contribution in [-0.4, -0.2) is 10.1 Å². The van der Waals surface area contributed by atoms with Gasteiger partial charge in [0.15, 0.2) is 0 Å². The Morgan fingerprint density at radius 2 is 1.50 bits per heavy atom. The molecule has 2 heteroatoms. The second kappa shape index (κ2) is 4.35. The minimum Gasteiger partial charge on any atom is -0.507 e. The molecule has 0 aliphatic heterocycles. The lowest BCUT2D eigenvalue weighted by molar-refractivity contribution is 0.482. The molecule has 116 valence electrons. The molecule has 1 aliphatic rings. The van der Waals surface area contributed by atoms with Crippen molar-refractivity contribution in [1.82, 2.24) is 4.98 Å². The number of pyridine rings is 1. The summed E-state index contributed by atoms with van der Waals surface area (Å²) in [6.45, 7) is 4.42. The molecule has 0 saturated heterocycles. The van der Waals surface area contributed by atoms with Crippen LogP contribution in [0.1, 0.15) is 25.0 Å². The van der Waals surface area contributed by atoms with Gasteiger partial charge in [0.1, 0.15) is 5.75 Å². The van der Waals surface area contributed by atoms with Gasteiger partial charge in [0, 0.05) is 21.8 Å². The normalized spacial score (nSPS) is 14.8. The van der Waals surface area contributed by atoms with E-state index in [1.807, 2.05) is 36.4 Å². The molecule has 0 amide bonds. The highest BCUT2D eigenvalue weighted by atomic mass is 16.3. The number of fused-ring (bicyclic) bond motifs is 5. The van der Waals surface area contributed by atoms with Gasteiger partial charge in [0.25, 0.3) is 0 Å². The van der Waals surface area contributed by atoms with Crippen molar-refractivity contribution in [3.63, 3.8) is 0 Å². The number of para-hydroxylation sites is 1. The first kappa shape index (κ1) is 13.6. The highest BCUT2D eigenvalue weighted by Gasteiger charge is 2.39. The molecule has 0 spiro atoms. The van der Waals surface area contributed by atoms with Crippen molar-refractivity contribution in [2.24, 2.45) is 0 Å². The molecule has 2 nitrogen and oxygen atoms in total. The third-order valence-corrected chi connectivity index (χ3v) is 5.33. The molecule has 0 fully saturated rings. The van der Waals surface area contributed by atoms with Crippen molar-refractivity contribution >= 4 is 21.7 Å². The molecule has 0 unspecified atom stereocenters. The minimum absolute atomic E-state index is 0.177. The van der Waals surface area contributed by atoms with Gasteiger partial charge in [0.2, 0.25) is 0 Å². The van der Waals surface area contributed by atoms with Crippen LogP contribution >= 0.6 is 0 Å². The van der Waals surface area contributed by atoms with Crippen LogP contribution in [0.4, 0.5) is 0 Å². The lowest BCUT2D eigenvalue weighted by atomic mass is 9.81. The van der Waals surface area contributed by atoms with Crippen molar-refractivity contribution in [2.75, 3.05) is 0 Å². The van der Waals surface area contributed by atoms with Gasteiger partial charge in [-0.25, -0.2) is 4.98 Å². The standard InChI is InChI=1S/C22H17NO/c1-22(2)16-11-13-7-3-5-9-15(13)21(24)19(16)20-17(22)12-14-8-4-6-10-18(14)23-20/h3-12,24H,1-2H3. The summed E-state index contributed by atoms with van der Waals surface area (Å²) in [4.78, 5) is 4.90. The van der Waals surface area contributed by atoms with E-state index < -0.39 is 0 Å². The quantitative estimate of drug-likeness (QED) is 0.471. The largest absolute Gasteiger partial charge is 0.507 e. The summed E-state index contributed by atoms with van der Waals surface area (Å²) in [6.07, 6.45) is 0. The Morgan fingerprint density at radius 3 is 2.33 bits per heavy atom. The van der Waals surface area contributed by atoms with Gasteiger partial charge >= 0.3 is 0 Å². The first-order valence-corrected chi connectivity index (χ1v) is 8.23. The average Bonchev–Trinajstić information content (AvgIpc) is 2.81. The molecule has 3 aromatic carbocycles. The van der Waals surface area contributed by atoms with Gasteiger partial charge < -0.3 is 5.11 Å². The Morgan fingerprint density at radius 1 is 0.833 bits per heavy atom. The van der Waals surface area contributed by atoms with Crippen molar-refractivity contribution in [3.8, 4) is 17.0 Å².